The van der Waals surface area contributed by atoms with Gasteiger partial charge < -0.3 is 10.6 Å². The summed E-state index contributed by atoms with van der Waals surface area (Å²) < 4.78 is 0. The molecule has 1 aliphatic rings. The highest BCUT2D eigenvalue weighted by Gasteiger charge is 2.29. The van der Waals surface area contributed by atoms with E-state index in [0.717, 1.165) is 35.7 Å². The Hall–Kier alpha value is -2.00. The summed E-state index contributed by atoms with van der Waals surface area (Å²) in [7, 11) is 0. The zero-order valence-electron chi connectivity index (χ0n) is 13.2. The van der Waals surface area contributed by atoms with E-state index in [1.807, 2.05) is 48.5 Å². The predicted molar refractivity (Wildman–Crippen MR) is 95.9 cm³/mol. The van der Waals surface area contributed by atoms with Gasteiger partial charge in [-0.15, -0.1) is 0 Å². The molecule has 0 spiro atoms. The summed E-state index contributed by atoms with van der Waals surface area (Å²) >= 11 is 5.96. The molecule has 4 heteroatoms. The number of benzene rings is 2. The first-order valence-corrected chi connectivity index (χ1v) is 8.46. The Labute approximate surface area is 142 Å². The number of nitrogens with one attached hydrogen (secondary N) is 2. The van der Waals surface area contributed by atoms with Crippen LogP contribution in [0, 0.1) is 5.92 Å². The van der Waals surface area contributed by atoms with Gasteiger partial charge >= 0.3 is 0 Å². The predicted octanol–water partition coefficient (Wildman–Crippen LogP) is 5.25. The molecule has 2 N–H and O–H groups in total. The normalized spacial score (nSPS) is 15.0. The smallest absolute Gasteiger partial charge is 0.227 e. The monoisotopic (exact) mass is 328 g/mol. The summed E-state index contributed by atoms with van der Waals surface area (Å²) in [5.41, 5.74) is 3.04. The minimum Gasteiger partial charge on any atom is -0.378 e. The van der Waals surface area contributed by atoms with Crippen molar-refractivity contribution in [3.8, 4) is 0 Å². The molecule has 1 unspecified atom stereocenters. The fourth-order valence-corrected chi connectivity index (χ4v) is 2.72. The molecule has 2 aromatic carbocycles. The Balaban J connectivity index is 1.70. The molecule has 1 atom stereocenters. The van der Waals surface area contributed by atoms with Crippen molar-refractivity contribution in [1.82, 2.24) is 0 Å². The highest BCUT2D eigenvalue weighted by atomic mass is 35.5. The molecule has 120 valence electrons. The maximum Gasteiger partial charge on any atom is 0.227 e. The van der Waals surface area contributed by atoms with Crippen molar-refractivity contribution in [3.05, 3.63) is 59.1 Å². The van der Waals surface area contributed by atoms with Gasteiger partial charge in [0.1, 0.15) is 0 Å². The van der Waals surface area contributed by atoms with Crippen LogP contribution in [0.15, 0.2) is 48.5 Å². The average molecular weight is 329 g/mol. The second-order valence-electron chi connectivity index (χ2n) is 6.00. The summed E-state index contributed by atoms with van der Waals surface area (Å²) in [6.45, 7) is 2.14. The second-order valence-corrected chi connectivity index (χ2v) is 6.44. The van der Waals surface area contributed by atoms with E-state index in [1.54, 1.807) is 0 Å². The Morgan fingerprint density at radius 1 is 1.17 bits per heavy atom. The Kier molecular flexibility index (Phi) is 4.87. The molecule has 23 heavy (non-hydrogen) atoms. The number of carbonyl (C=O) groups excluding carboxylic acids is 1. The topological polar surface area (TPSA) is 41.1 Å². The lowest BCUT2D eigenvalue weighted by atomic mass is 10.0. The lowest BCUT2D eigenvalue weighted by molar-refractivity contribution is -0.117. The van der Waals surface area contributed by atoms with Crippen molar-refractivity contribution in [2.45, 2.75) is 32.2 Å². The molecule has 1 saturated carbocycles. The molecular formula is C19H21ClN2O. The molecule has 3 nitrogen and oxygen atoms in total. The molecule has 1 amide bonds. The average Bonchev–Trinajstić information content (AvgIpc) is 3.39. The highest BCUT2D eigenvalue weighted by molar-refractivity contribution is 6.30. The summed E-state index contributed by atoms with van der Waals surface area (Å²) in [5.74, 6) is 0.343. The molecule has 0 heterocycles. The first kappa shape index (κ1) is 15.9. The molecular weight excluding hydrogens is 308 g/mol. The van der Waals surface area contributed by atoms with Crippen LogP contribution in [0.25, 0.3) is 0 Å². The van der Waals surface area contributed by atoms with Crippen molar-refractivity contribution in [2.24, 2.45) is 5.92 Å². The van der Waals surface area contributed by atoms with Gasteiger partial charge in [-0.25, -0.2) is 0 Å². The van der Waals surface area contributed by atoms with Crippen LogP contribution in [0.2, 0.25) is 5.02 Å². The number of anilines is 2. The molecule has 1 fully saturated rings. The van der Waals surface area contributed by atoms with Crippen LogP contribution >= 0.6 is 11.6 Å². The van der Waals surface area contributed by atoms with Crippen LogP contribution in [-0.4, -0.2) is 5.91 Å². The van der Waals surface area contributed by atoms with Gasteiger partial charge in [0.15, 0.2) is 0 Å². The summed E-state index contributed by atoms with van der Waals surface area (Å²) in [4.78, 5) is 11.9. The minimum absolute atomic E-state index is 0.131. The second kappa shape index (κ2) is 7.05. The van der Waals surface area contributed by atoms with Crippen molar-refractivity contribution in [2.75, 3.05) is 10.6 Å². The van der Waals surface area contributed by atoms with Gasteiger partial charge in [-0.3, -0.25) is 4.79 Å². The zero-order valence-corrected chi connectivity index (χ0v) is 13.9. The Morgan fingerprint density at radius 2 is 1.87 bits per heavy atom. The van der Waals surface area contributed by atoms with E-state index in [1.165, 1.54) is 5.56 Å². The largest absolute Gasteiger partial charge is 0.378 e. The van der Waals surface area contributed by atoms with Crippen molar-refractivity contribution < 1.29 is 4.79 Å². The molecule has 0 radical (unpaired) electrons. The number of carbonyl (C=O) groups is 1. The Morgan fingerprint density at radius 3 is 2.52 bits per heavy atom. The number of hydrogen-bond donors (Lipinski definition) is 2. The summed E-state index contributed by atoms with van der Waals surface area (Å²) in [6, 6.07) is 16.0. The van der Waals surface area contributed by atoms with Crippen LogP contribution in [-0.2, 0) is 4.79 Å². The lowest BCUT2D eigenvalue weighted by Crippen LogP contribution is -2.14. The van der Waals surface area contributed by atoms with Crippen molar-refractivity contribution >= 4 is 28.9 Å². The van der Waals surface area contributed by atoms with Crippen molar-refractivity contribution in [3.63, 3.8) is 0 Å². The highest BCUT2D eigenvalue weighted by Crippen LogP contribution is 2.31. The molecule has 0 bridgehead atoms. The maximum atomic E-state index is 11.9. The first-order chi connectivity index (χ1) is 11.2. The van der Waals surface area contributed by atoms with E-state index in [2.05, 4.69) is 17.6 Å². The van der Waals surface area contributed by atoms with Crippen LogP contribution in [0.4, 0.5) is 11.4 Å². The summed E-state index contributed by atoms with van der Waals surface area (Å²) in [5, 5.41) is 7.26. The lowest BCUT2D eigenvalue weighted by Gasteiger charge is -2.19. The van der Waals surface area contributed by atoms with Gasteiger partial charge in [0.2, 0.25) is 5.91 Å². The first-order valence-electron chi connectivity index (χ1n) is 8.08. The SMILES string of the molecule is CCC(Nc1cccc(NC(=O)C2CC2)c1)c1ccc(Cl)cc1. The van der Waals surface area contributed by atoms with Gasteiger partial charge in [-0.05, 0) is 55.2 Å². The third-order valence-corrected chi connectivity index (χ3v) is 4.35. The fraction of sp³-hybridized carbons (Fsp3) is 0.316. The van der Waals surface area contributed by atoms with Gasteiger partial charge in [0, 0.05) is 22.3 Å². The third kappa shape index (κ3) is 4.26. The summed E-state index contributed by atoms with van der Waals surface area (Å²) in [6.07, 6.45) is 2.98. The van der Waals surface area contributed by atoms with Crippen molar-refractivity contribution in [1.29, 1.82) is 0 Å². The quantitative estimate of drug-likeness (QED) is 0.760. The fourth-order valence-electron chi connectivity index (χ4n) is 2.59. The number of rotatable bonds is 6. The number of halogens is 1. The van der Waals surface area contributed by atoms with Gasteiger partial charge in [0.25, 0.3) is 0 Å². The van der Waals surface area contributed by atoms with E-state index in [9.17, 15) is 4.79 Å². The molecule has 0 aromatic heterocycles. The molecule has 0 saturated heterocycles. The van der Waals surface area contributed by atoms with Crippen LogP contribution in [0.1, 0.15) is 37.8 Å². The Bertz CT molecular complexity index is 680. The van der Waals surface area contributed by atoms with E-state index >= 15 is 0 Å². The van der Waals surface area contributed by atoms with Crippen LogP contribution < -0.4 is 10.6 Å². The molecule has 2 aromatic rings. The van der Waals surface area contributed by atoms with Crippen LogP contribution in [0.5, 0.6) is 0 Å². The maximum absolute atomic E-state index is 11.9. The van der Waals surface area contributed by atoms with Crippen LogP contribution in [0.3, 0.4) is 0 Å². The van der Waals surface area contributed by atoms with E-state index in [4.69, 9.17) is 11.6 Å². The third-order valence-electron chi connectivity index (χ3n) is 4.10. The van der Waals surface area contributed by atoms with Gasteiger partial charge in [-0.1, -0.05) is 36.7 Å². The standard InChI is InChI=1S/C19H21ClN2O/c1-2-18(13-8-10-15(20)11-9-13)21-16-4-3-5-17(12-16)22-19(23)14-6-7-14/h3-5,8-12,14,18,21H,2,6-7H2,1H3,(H,22,23). The molecule has 1 aliphatic carbocycles. The van der Waals surface area contributed by atoms with E-state index in [0.29, 0.717) is 0 Å². The molecule has 3 rings (SSSR count). The minimum atomic E-state index is 0.131. The number of hydrogen-bond acceptors (Lipinski definition) is 2. The van der Waals surface area contributed by atoms with E-state index < -0.39 is 0 Å². The molecule has 0 aliphatic heterocycles. The van der Waals surface area contributed by atoms with Gasteiger partial charge in [0.05, 0.1) is 6.04 Å². The number of amides is 1. The van der Waals surface area contributed by atoms with Gasteiger partial charge in [-0.2, -0.15) is 0 Å². The zero-order chi connectivity index (χ0) is 16.2. The van der Waals surface area contributed by atoms with E-state index in [-0.39, 0.29) is 17.9 Å².